The number of carbonyl (C=O) groups excluding carboxylic acids is 2. The van der Waals surface area contributed by atoms with E-state index in [0.717, 1.165) is 17.7 Å². The molecule has 8 heteroatoms. The van der Waals surface area contributed by atoms with Gasteiger partial charge in [-0.2, -0.15) is 4.98 Å². The van der Waals surface area contributed by atoms with E-state index in [4.69, 9.17) is 9.26 Å². The maximum atomic E-state index is 13.0. The smallest absolute Gasteiger partial charge is 0.251 e. The van der Waals surface area contributed by atoms with Crippen molar-refractivity contribution >= 4 is 11.8 Å². The lowest BCUT2D eigenvalue weighted by molar-refractivity contribution is -0.133. The van der Waals surface area contributed by atoms with E-state index < -0.39 is 5.41 Å². The molecule has 31 heavy (non-hydrogen) atoms. The molecule has 2 fully saturated rings. The number of amides is 2. The number of methoxy groups -OCH3 is 1. The van der Waals surface area contributed by atoms with E-state index in [1.54, 1.807) is 26.2 Å². The molecule has 1 unspecified atom stereocenters. The van der Waals surface area contributed by atoms with Crippen molar-refractivity contribution in [2.24, 2.45) is 11.8 Å². The zero-order valence-corrected chi connectivity index (χ0v) is 18.8. The van der Waals surface area contributed by atoms with Crippen LogP contribution in [0.1, 0.15) is 54.3 Å². The van der Waals surface area contributed by atoms with Gasteiger partial charge in [0.15, 0.2) is 5.82 Å². The van der Waals surface area contributed by atoms with Crippen LogP contribution in [-0.2, 0) is 10.2 Å². The first-order valence-corrected chi connectivity index (χ1v) is 10.8. The van der Waals surface area contributed by atoms with Gasteiger partial charge in [0.05, 0.1) is 12.5 Å². The fourth-order valence-electron chi connectivity index (χ4n) is 5.13. The number of nitrogens with one attached hydrogen (secondary N) is 1. The van der Waals surface area contributed by atoms with Crippen LogP contribution in [0.3, 0.4) is 0 Å². The van der Waals surface area contributed by atoms with Gasteiger partial charge in [-0.3, -0.25) is 9.59 Å². The van der Waals surface area contributed by atoms with Crippen molar-refractivity contribution in [1.82, 2.24) is 20.4 Å². The van der Waals surface area contributed by atoms with Gasteiger partial charge in [0, 0.05) is 30.6 Å². The van der Waals surface area contributed by atoms with Crippen molar-refractivity contribution in [3.63, 3.8) is 0 Å². The maximum Gasteiger partial charge on any atom is 0.251 e. The molecule has 1 aromatic carbocycles. The van der Waals surface area contributed by atoms with E-state index >= 15 is 0 Å². The first kappa shape index (κ1) is 21.3. The van der Waals surface area contributed by atoms with Gasteiger partial charge in [-0.1, -0.05) is 19.0 Å². The zero-order valence-electron chi connectivity index (χ0n) is 18.8. The number of aryl methyl sites for hydroxylation is 2. The van der Waals surface area contributed by atoms with Gasteiger partial charge < -0.3 is 19.5 Å². The number of likely N-dealkylation sites (tertiary alicyclic amines) is 1. The number of aromatic nitrogens is 2. The number of rotatable bonds is 5. The highest BCUT2D eigenvalue weighted by Crippen LogP contribution is 2.50. The lowest BCUT2D eigenvalue weighted by atomic mass is 9.80. The molecule has 1 aliphatic heterocycles. The third kappa shape index (κ3) is 3.79. The summed E-state index contributed by atoms with van der Waals surface area (Å²) in [4.78, 5) is 32.1. The average molecular weight is 427 g/mol. The van der Waals surface area contributed by atoms with Crippen LogP contribution < -0.4 is 10.1 Å². The highest BCUT2D eigenvalue weighted by Gasteiger charge is 2.58. The molecule has 1 N–H and O–H groups in total. The molecule has 0 radical (unpaired) electrons. The van der Waals surface area contributed by atoms with Gasteiger partial charge in [-0.05, 0) is 56.4 Å². The molecule has 1 aliphatic carbocycles. The fourth-order valence-corrected chi connectivity index (χ4v) is 5.13. The number of ether oxygens (including phenoxy) is 1. The quantitative estimate of drug-likeness (QED) is 0.789. The first-order valence-electron chi connectivity index (χ1n) is 10.8. The second-order valence-corrected chi connectivity index (χ2v) is 9.16. The average Bonchev–Trinajstić information content (AvgIpc) is 3.39. The number of hydrogen-bond acceptors (Lipinski definition) is 6. The van der Waals surface area contributed by atoms with Gasteiger partial charge in [0.2, 0.25) is 11.8 Å². The van der Waals surface area contributed by atoms with Crippen LogP contribution in [0.15, 0.2) is 22.7 Å². The number of carbonyl (C=O) groups is 2. The molecule has 4 rings (SSSR count). The molecule has 0 bridgehead atoms. The Balaban J connectivity index is 1.55. The molecule has 2 heterocycles. The van der Waals surface area contributed by atoms with E-state index in [2.05, 4.69) is 15.5 Å². The Morgan fingerprint density at radius 3 is 2.71 bits per heavy atom. The Labute approximate surface area is 182 Å². The van der Waals surface area contributed by atoms with E-state index in [0.29, 0.717) is 36.8 Å². The Bertz CT molecular complexity index is 1000. The maximum absolute atomic E-state index is 13.0. The third-order valence-corrected chi connectivity index (χ3v) is 6.65. The van der Waals surface area contributed by atoms with Crippen LogP contribution in [0.2, 0.25) is 0 Å². The van der Waals surface area contributed by atoms with Crippen LogP contribution in [0.25, 0.3) is 0 Å². The predicted molar refractivity (Wildman–Crippen MR) is 114 cm³/mol. The molecule has 2 aromatic rings. The van der Waals surface area contributed by atoms with Crippen LogP contribution in [0.5, 0.6) is 5.75 Å². The van der Waals surface area contributed by atoms with E-state index in [1.165, 1.54) is 0 Å². The minimum Gasteiger partial charge on any atom is -0.497 e. The highest BCUT2D eigenvalue weighted by molar-refractivity contribution is 5.96. The number of fused-ring (bicyclic) bond motifs is 1. The summed E-state index contributed by atoms with van der Waals surface area (Å²) in [5.74, 6) is 2.03. The van der Waals surface area contributed by atoms with Crippen molar-refractivity contribution in [2.75, 3.05) is 20.2 Å². The van der Waals surface area contributed by atoms with Crippen molar-refractivity contribution < 1.29 is 18.8 Å². The molecular formula is C23H30N4O4. The summed E-state index contributed by atoms with van der Waals surface area (Å²) in [7, 11) is 1.61. The predicted octanol–water partition coefficient (Wildman–Crippen LogP) is 2.64. The minimum atomic E-state index is -0.418. The SMILES string of the molecule is COc1ccc(C(=O)N[C@@H]2CC3CN(C(=O)C(C)C)C[C@@]3(c3nc(C)no3)C2)c(C)c1. The second-order valence-electron chi connectivity index (χ2n) is 9.16. The van der Waals surface area contributed by atoms with Gasteiger partial charge in [-0.25, -0.2) is 0 Å². The number of benzene rings is 1. The standard InChI is InChI=1S/C23H30N4O4/c1-13(2)21(29)27-11-16-9-17(10-23(16,12-27)22-24-15(4)26-31-22)25-20(28)19-7-6-18(30-5)8-14(19)3/h6-8,13,16-17H,9-12H2,1-5H3,(H,25,28)/t16?,17-,23+/m1/s1. The normalized spacial score (nSPS) is 25.0. The van der Waals surface area contributed by atoms with Crippen molar-refractivity contribution in [3.8, 4) is 5.75 Å². The molecule has 2 aliphatic rings. The van der Waals surface area contributed by atoms with Crippen LogP contribution >= 0.6 is 0 Å². The molecular weight excluding hydrogens is 396 g/mol. The molecule has 1 aromatic heterocycles. The van der Waals surface area contributed by atoms with E-state index in [9.17, 15) is 9.59 Å². The summed E-state index contributed by atoms with van der Waals surface area (Å²) in [6, 6.07) is 5.42. The van der Waals surface area contributed by atoms with Gasteiger partial charge in [0.1, 0.15) is 5.75 Å². The molecule has 8 nitrogen and oxygen atoms in total. The molecule has 1 saturated heterocycles. The topological polar surface area (TPSA) is 97.6 Å². The largest absolute Gasteiger partial charge is 0.497 e. The first-order chi connectivity index (χ1) is 14.7. The molecule has 1 saturated carbocycles. The summed E-state index contributed by atoms with van der Waals surface area (Å²) < 4.78 is 10.8. The Hall–Kier alpha value is -2.90. The highest BCUT2D eigenvalue weighted by atomic mass is 16.5. The summed E-state index contributed by atoms with van der Waals surface area (Å²) in [6.07, 6.45) is 1.44. The van der Waals surface area contributed by atoms with Crippen molar-refractivity contribution in [2.45, 2.75) is 52.0 Å². The summed E-state index contributed by atoms with van der Waals surface area (Å²) in [6.45, 7) is 8.72. The number of nitrogens with zero attached hydrogens (tertiary/aromatic N) is 3. The van der Waals surface area contributed by atoms with Gasteiger partial charge >= 0.3 is 0 Å². The van der Waals surface area contributed by atoms with Crippen LogP contribution in [0.4, 0.5) is 0 Å². The van der Waals surface area contributed by atoms with Crippen molar-refractivity contribution in [3.05, 3.63) is 41.0 Å². The van der Waals surface area contributed by atoms with E-state index in [-0.39, 0.29) is 29.7 Å². The second kappa shape index (κ2) is 7.98. The monoisotopic (exact) mass is 426 g/mol. The molecule has 2 amide bonds. The summed E-state index contributed by atoms with van der Waals surface area (Å²) >= 11 is 0. The van der Waals surface area contributed by atoms with Gasteiger partial charge in [0.25, 0.3) is 5.91 Å². The Morgan fingerprint density at radius 1 is 1.32 bits per heavy atom. The van der Waals surface area contributed by atoms with Gasteiger partial charge in [-0.15, -0.1) is 0 Å². The zero-order chi connectivity index (χ0) is 22.3. The summed E-state index contributed by atoms with van der Waals surface area (Å²) in [5.41, 5.74) is 1.08. The van der Waals surface area contributed by atoms with E-state index in [1.807, 2.05) is 31.7 Å². The Kier molecular flexibility index (Phi) is 5.49. The van der Waals surface area contributed by atoms with Crippen LogP contribution in [0, 0.1) is 25.7 Å². The molecule has 166 valence electrons. The molecule has 0 spiro atoms. The lowest BCUT2D eigenvalue weighted by Crippen LogP contribution is -2.40. The van der Waals surface area contributed by atoms with Crippen LogP contribution in [-0.4, -0.2) is 53.1 Å². The molecule has 3 atom stereocenters. The lowest BCUT2D eigenvalue weighted by Gasteiger charge is -2.26. The Morgan fingerprint density at radius 2 is 2.10 bits per heavy atom. The number of hydrogen-bond donors (Lipinski definition) is 1. The minimum absolute atomic E-state index is 0.0255. The fraction of sp³-hybridized carbons (Fsp3) is 0.565. The van der Waals surface area contributed by atoms with Crippen molar-refractivity contribution in [1.29, 1.82) is 0 Å². The summed E-state index contributed by atoms with van der Waals surface area (Å²) in [5, 5.41) is 7.19. The third-order valence-electron chi connectivity index (χ3n) is 6.65.